The minimum Gasteiger partial charge on any atom is -0.359 e. The van der Waals surface area contributed by atoms with Gasteiger partial charge in [-0.1, -0.05) is 114 Å². The highest BCUT2D eigenvalue weighted by Crippen LogP contribution is 2.45. The summed E-state index contributed by atoms with van der Waals surface area (Å²) in [5.74, 6) is 6.48. The highest BCUT2D eigenvalue weighted by molar-refractivity contribution is 6.82. The molecule has 2 atom stereocenters. The molecule has 1 fully saturated rings. The van der Waals surface area contributed by atoms with Gasteiger partial charge >= 0.3 is 0 Å². The molecular formula is C36H48ClN5Si. The molecule has 5 rings (SSSR count). The van der Waals surface area contributed by atoms with Gasteiger partial charge in [-0.25, -0.2) is 4.98 Å². The largest absolute Gasteiger partial charge is 0.359 e. The first kappa shape index (κ1) is 31.5. The number of hydrazone groups is 1. The maximum absolute atomic E-state index is 6.97. The molecule has 4 aromatic rings. The monoisotopic (exact) mass is 613 g/mol. The van der Waals surface area contributed by atoms with E-state index in [-0.39, 0.29) is 5.92 Å². The number of pyridine rings is 1. The van der Waals surface area contributed by atoms with E-state index in [0.717, 1.165) is 54.7 Å². The zero-order valence-corrected chi connectivity index (χ0v) is 28.4. The van der Waals surface area contributed by atoms with Crippen LogP contribution in [0.15, 0.2) is 84.2 Å². The average molecular weight is 614 g/mol. The lowest BCUT2D eigenvalue weighted by Crippen LogP contribution is -2.51. The summed E-state index contributed by atoms with van der Waals surface area (Å²) in [4.78, 5) is 7.59. The van der Waals surface area contributed by atoms with E-state index in [0.29, 0.717) is 27.7 Å². The van der Waals surface area contributed by atoms with E-state index in [9.17, 15) is 0 Å². The molecule has 2 N–H and O–H groups in total. The number of nitrogens with zero attached hydrogens (tertiary/aromatic N) is 4. The summed E-state index contributed by atoms with van der Waals surface area (Å²) >= 11 is 6.97. The van der Waals surface area contributed by atoms with Crippen LogP contribution in [0.25, 0.3) is 11.0 Å². The quantitative estimate of drug-likeness (QED) is 0.0793. The SMILES string of the molecule is CC(C)[Si](C(C)C)(C(C)C)n1ccc2c(/C(=N/N)C3CC[C@@H](N(Cc4ccccc4)Cc4ccccc4)C3)c(Cl)cnc21. The maximum atomic E-state index is 6.97. The fourth-order valence-corrected chi connectivity index (χ4v) is 15.1. The lowest BCUT2D eigenvalue weighted by atomic mass is 9.93. The van der Waals surface area contributed by atoms with Crippen LogP contribution in [-0.2, 0) is 13.1 Å². The molecule has 0 saturated heterocycles. The van der Waals surface area contributed by atoms with Gasteiger partial charge < -0.3 is 10.1 Å². The summed E-state index contributed by atoms with van der Waals surface area (Å²) in [5.41, 5.74) is 7.25. The molecule has 1 aliphatic carbocycles. The summed E-state index contributed by atoms with van der Waals surface area (Å²) in [6.45, 7) is 16.1. The van der Waals surface area contributed by atoms with Gasteiger partial charge in [-0.2, -0.15) is 5.10 Å². The Labute approximate surface area is 264 Å². The van der Waals surface area contributed by atoms with E-state index in [1.54, 1.807) is 0 Å². The van der Waals surface area contributed by atoms with Crippen molar-refractivity contribution in [2.24, 2.45) is 16.9 Å². The maximum Gasteiger partial charge on any atom is 0.171 e. The Balaban J connectivity index is 1.48. The van der Waals surface area contributed by atoms with Gasteiger partial charge in [-0.3, -0.25) is 4.90 Å². The van der Waals surface area contributed by atoms with Gasteiger partial charge in [-0.15, -0.1) is 0 Å². The van der Waals surface area contributed by atoms with Crippen molar-refractivity contribution in [2.45, 2.75) is 96.6 Å². The van der Waals surface area contributed by atoms with Gasteiger partial charge in [0.2, 0.25) is 0 Å². The van der Waals surface area contributed by atoms with E-state index in [1.165, 1.54) is 11.1 Å². The molecule has 0 radical (unpaired) electrons. The number of aromatic nitrogens is 2. The lowest BCUT2D eigenvalue weighted by molar-refractivity contribution is 0.179. The predicted molar refractivity (Wildman–Crippen MR) is 185 cm³/mol. The van der Waals surface area contributed by atoms with Crippen molar-refractivity contribution in [1.29, 1.82) is 0 Å². The molecule has 5 nitrogen and oxygen atoms in total. The van der Waals surface area contributed by atoms with Gasteiger partial charge in [0.15, 0.2) is 8.24 Å². The number of hydrogen-bond donors (Lipinski definition) is 1. The van der Waals surface area contributed by atoms with Crippen LogP contribution in [0.4, 0.5) is 0 Å². The summed E-state index contributed by atoms with van der Waals surface area (Å²) in [6, 6.07) is 24.2. The van der Waals surface area contributed by atoms with Gasteiger partial charge in [-0.05, 0) is 59.3 Å². The van der Waals surface area contributed by atoms with Crippen LogP contribution in [0.3, 0.4) is 0 Å². The van der Waals surface area contributed by atoms with Gasteiger partial charge in [0.05, 0.1) is 10.7 Å². The van der Waals surface area contributed by atoms with E-state index in [2.05, 4.69) is 129 Å². The second-order valence-electron chi connectivity index (χ2n) is 13.3. The summed E-state index contributed by atoms with van der Waals surface area (Å²) in [7, 11) is -2.00. The third-order valence-corrected chi connectivity index (χ3v) is 17.1. The molecule has 2 heterocycles. The Morgan fingerprint density at radius 1 is 0.907 bits per heavy atom. The number of rotatable bonds is 11. The minimum atomic E-state index is -2.00. The number of halogens is 1. The number of fused-ring (bicyclic) bond motifs is 1. The zero-order chi connectivity index (χ0) is 30.7. The molecule has 0 bridgehead atoms. The van der Waals surface area contributed by atoms with Crippen molar-refractivity contribution in [2.75, 3.05) is 0 Å². The molecule has 1 unspecified atom stereocenters. The van der Waals surface area contributed by atoms with E-state index < -0.39 is 8.24 Å². The van der Waals surface area contributed by atoms with Crippen molar-refractivity contribution < 1.29 is 0 Å². The Morgan fingerprint density at radius 3 is 1.98 bits per heavy atom. The average Bonchev–Trinajstić information content (AvgIpc) is 3.64. The van der Waals surface area contributed by atoms with Gasteiger partial charge in [0.25, 0.3) is 0 Å². The van der Waals surface area contributed by atoms with Crippen LogP contribution in [-0.4, -0.2) is 34.1 Å². The Bertz CT molecular complexity index is 1470. The third-order valence-electron chi connectivity index (χ3n) is 10.0. The van der Waals surface area contributed by atoms with E-state index in [1.807, 2.05) is 6.20 Å². The number of benzene rings is 2. The normalized spacial score (nSPS) is 18.2. The van der Waals surface area contributed by atoms with E-state index in [4.69, 9.17) is 22.4 Å². The van der Waals surface area contributed by atoms with Crippen LogP contribution >= 0.6 is 11.6 Å². The Hall–Kier alpha value is -2.93. The van der Waals surface area contributed by atoms with Crippen molar-refractivity contribution >= 4 is 36.6 Å². The molecule has 0 spiro atoms. The molecule has 2 aromatic carbocycles. The summed E-state index contributed by atoms with van der Waals surface area (Å²) in [5, 5.41) is 6.18. The summed E-state index contributed by atoms with van der Waals surface area (Å²) < 4.78 is 2.55. The highest BCUT2D eigenvalue weighted by Gasteiger charge is 2.46. The van der Waals surface area contributed by atoms with Crippen molar-refractivity contribution in [3.63, 3.8) is 0 Å². The number of hydrogen-bond acceptors (Lipinski definition) is 4. The van der Waals surface area contributed by atoms with Crippen LogP contribution in [0.2, 0.25) is 21.6 Å². The standard InChI is InChI=1S/C36H48ClN5Si/c1-25(2)43(26(3)4,27(5)6)42-20-19-32-34(33(37)22-39-36(32)42)35(40-38)30-17-18-31(21-30)41(23-28-13-9-7-10-14-28)24-29-15-11-8-12-16-29/h7-16,19-20,22,25-27,30-31H,17-18,21,23-24,38H2,1-6H3/b40-35+/t30?,31-/m1/s1. The topological polar surface area (TPSA) is 59.4 Å². The molecule has 1 saturated carbocycles. The minimum absolute atomic E-state index is 0.234. The molecule has 0 amide bonds. The van der Waals surface area contributed by atoms with Crippen LogP contribution in [0.1, 0.15) is 77.5 Å². The predicted octanol–water partition coefficient (Wildman–Crippen LogP) is 9.25. The summed E-state index contributed by atoms with van der Waals surface area (Å²) in [6.07, 6.45) is 7.23. The first-order chi connectivity index (χ1) is 20.7. The molecule has 2 aromatic heterocycles. The first-order valence-electron chi connectivity index (χ1n) is 15.9. The smallest absolute Gasteiger partial charge is 0.171 e. The molecule has 7 heteroatoms. The Morgan fingerprint density at radius 2 is 1.47 bits per heavy atom. The zero-order valence-electron chi connectivity index (χ0n) is 26.7. The first-order valence-corrected chi connectivity index (χ1v) is 18.5. The van der Waals surface area contributed by atoms with Crippen LogP contribution in [0, 0.1) is 5.92 Å². The molecule has 228 valence electrons. The second kappa shape index (κ2) is 13.4. The fourth-order valence-electron chi connectivity index (χ4n) is 8.33. The van der Waals surface area contributed by atoms with E-state index >= 15 is 0 Å². The lowest BCUT2D eigenvalue weighted by Gasteiger charge is -2.44. The fraction of sp³-hybridized carbons (Fsp3) is 0.444. The van der Waals surface area contributed by atoms with Gasteiger partial charge in [0.1, 0.15) is 5.65 Å². The molecule has 43 heavy (non-hydrogen) atoms. The Kier molecular flexibility index (Phi) is 9.79. The second-order valence-corrected chi connectivity index (χ2v) is 19.4. The molecule has 0 aliphatic heterocycles. The van der Waals surface area contributed by atoms with Crippen molar-refractivity contribution in [3.8, 4) is 0 Å². The number of nitrogens with two attached hydrogens (primary N) is 1. The van der Waals surface area contributed by atoms with Crippen molar-refractivity contribution in [3.05, 3.63) is 101 Å². The molecular weight excluding hydrogens is 566 g/mol. The highest BCUT2D eigenvalue weighted by atomic mass is 35.5. The third kappa shape index (κ3) is 6.07. The van der Waals surface area contributed by atoms with Gasteiger partial charge in [0, 0.05) is 42.2 Å². The van der Waals surface area contributed by atoms with Crippen LogP contribution in [0.5, 0.6) is 0 Å². The van der Waals surface area contributed by atoms with Crippen molar-refractivity contribution in [1.82, 2.24) is 14.1 Å². The molecule has 1 aliphatic rings. The van der Waals surface area contributed by atoms with Crippen LogP contribution < -0.4 is 5.84 Å².